The standard InChI is InChI=1S/C13H18N2O2/c14-13(15)10-4-3-6-11(8-10)17-9-12-5-1-2-7-16-12/h3-4,6,8,12H,1-2,5,7,9H2,(H3,14,15). The summed E-state index contributed by atoms with van der Waals surface area (Å²) in [6.45, 7) is 1.41. The molecule has 0 radical (unpaired) electrons. The van der Waals surface area contributed by atoms with Crippen LogP contribution in [0.5, 0.6) is 5.75 Å². The van der Waals surface area contributed by atoms with Crippen molar-refractivity contribution < 1.29 is 9.47 Å². The van der Waals surface area contributed by atoms with E-state index in [1.165, 1.54) is 6.42 Å². The van der Waals surface area contributed by atoms with Gasteiger partial charge in [0, 0.05) is 12.2 Å². The minimum atomic E-state index is 0.0596. The van der Waals surface area contributed by atoms with E-state index in [2.05, 4.69) is 0 Å². The Bertz CT molecular complexity index is 387. The Morgan fingerprint density at radius 3 is 3.06 bits per heavy atom. The van der Waals surface area contributed by atoms with Crippen LogP contribution >= 0.6 is 0 Å². The molecule has 1 aliphatic rings. The van der Waals surface area contributed by atoms with E-state index in [0.717, 1.165) is 25.2 Å². The van der Waals surface area contributed by atoms with Gasteiger partial charge in [-0.25, -0.2) is 0 Å². The lowest BCUT2D eigenvalue weighted by Gasteiger charge is -2.22. The summed E-state index contributed by atoms with van der Waals surface area (Å²) < 4.78 is 11.2. The third-order valence-electron chi connectivity index (χ3n) is 2.85. The predicted molar refractivity (Wildman–Crippen MR) is 66.5 cm³/mol. The molecule has 1 heterocycles. The SMILES string of the molecule is N=C(N)c1cccc(OCC2CCCCO2)c1. The smallest absolute Gasteiger partial charge is 0.122 e. The second-order valence-electron chi connectivity index (χ2n) is 4.24. The van der Waals surface area contributed by atoms with Gasteiger partial charge in [0.2, 0.25) is 0 Å². The van der Waals surface area contributed by atoms with Gasteiger partial charge in [0.05, 0.1) is 6.10 Å². The van der Waals surface area contributed by atoms with Crippen molar-refractivity contribution in [1.29, 1.82) is 5.41 Å². The molecule has 1 unspecified atom stereocenters. The molecule has 0 spiro atoms. The molecule has 0 bridgehead atoms. The lowest BCUT2D eigenvalue weighted by Crippen LogP contribution is -2.25. The third-order valence-corrected chi connectivity index (χ3v) is 2.85. The van der Waals surface area contributed by atoms with Crippen LogP contribution in [0.1, 0.15) is 24.8 Å². The van der Waals surface area contributed by atoms with Gasteiger partial charge >= 0.3 is 0 Å². The summed E-state index contributed by atoms with van der Waals surface area (Å²) >= 11 is 0. The highest BCUT2D eigenvalue weighted by Gasteiger charge is 2.14. The summed E-state index contributed by atoms with van der Waals surface area (Å²) in [6, 6.07) is 7.29. The highest BCUT2D eigenvalue weighted by Crippen LogP contribution is 2.17. The largest absolute Gasteiger partial charge is 0.491 e. The molecule has 3 N–H and O–H groups in total. The fourth-order valence-electron chi connectivity index (χ4n) is 1.88. The maximum atomic E-state index is 7.36. The molecule has 0 amide bonds. The maximum Gasteiger partial charge on any atom is 0.122 e. The summed E-state index contributed by atoms with van der Waals surface area (Å²) in [5.74, 6) is 0.802. The molecule has 1 aromatic rings. The van der Waals surface area contributed by atoms with Crippen molar-refractivity contribution in [3.8, 4) is 5.75 Å². The number of nitrogens with two attached hydrogens (primary N) is 1. The Morgan fingerprint density at radius 1 is 1.47 bits per heavy atom. The first-order chi connectivity index (χ1) is 8.25. The zero-order valence-electron chi connectivity index (χ0n) is 9.82. The normalized spacial score (nSPS) is 19.9. The number of ether oxygens (including phenoxy) is 2. The van der Waals surface area contributed by atoms with Crippen LogP contribution in [0.2, 0.25) is 0 Å². The van der Waals surface area contributed by atoms with Gasteiger partial charge in [-0.05, 0) is 31.4 Å². The molecule has 2 rings (SSSR count). The molecule has 4 nitrogen and oxygen atoms in total. The fourth-order valence-corrected chi connectivity index (χ4v) is 1.88. The zero-order valence-corrected chi connectivity index (χ0v) is 9.82. The van der Waals surface area contributed by atoms with E-state index in [1.807, 2.05) is 12.1 Å². The van der Waals surface area contributed by atoms with Crippen LogP contribution in [0.25, 0.3) is 0 Å². The molecule has 1 fully saturated rings. The number of rotatable bonds is 4. The minimum absolute atomic E-state index is 0.0596. The van der Waals surface area contributed by atoms with Crippen LogP contribution < -0.4 is 10.5 Å². The van der Waals surface area contributed by atoms with Crippen LogP contribution in [0, 0.1) is 5.41 Å². The molecule has 92 valence electrons. The van der Waals surface area contributed by atoms with Crippen molar-refractivity contribution in [1.82, 2.24) is 0 Å². The van der Waals surface area contributed by atoms with Gasteiger partial charge in [-0.15, -0.1) is 0 Å². The summed E-state index contributed by atoms with van der Waals surface area (Å²) in [7, 11) is 0. The van der Waals surface area contributed by atoms with Gasteiger partial charge in [-0.1, -0.05) is 12.1 Å². The first-order valence-electron chi connectivity index (χ1n) is 5.94. The summed E-state index contributed by atoms with van der Waals surface area (Å²) in [6.07, 6.45) is 3.62. The average molecular weight is 234 g/mol. The Labute approximate surface area is 101 Å². The van der Waals surface area contributed by atoms with Gasteiger partial charge in [-0.2, -0.15) is 0 Å². The summed E-state index contributed by atoms with van der Waals surface area (Å²) in [4.78, 5) is 0. The lowest BCUT2D eigenvalue weighted by molar-refractivity contribution is -0.0110. The van der Waals surface area contributed by atoms with Gasteiger partial charge in [0.25, 0.3) is 0 Å². The van der Waals surface area contributed by atoms with Crippen molar-refractivity contribution in [2.45, 2.75) is 25.4 Å². The van der Waals surface area contributed by atoms with Crippen molar-refractivity contribution in [3.05, 3.63) is 29.8 Å². The molecule has 0 aliphatic carbocycles. The number of nitrogens with one attached hydrogen (secondary N) is 1. The van der Waals surface area contributed by atoms with Gasteiger partial charge in [-0.3, -0.25) is 5.41 Å². The zero-order chi connectivity index (χ0) is 12.1. The van der Waals surface area contributed by atoms with E-state index in [9.17, 15) is 0 Å². The van der Waals surface area contributed by atoms with Crippen LogP contribution in [0.3, 0.4) is 0 Å². The van der Waals surface area contributed by atoms with E-state index in [1.54, 1.807) is 12.1 Å². The third kappa shape index (κ3) is 3.46. The summed E-state index contributed by atoms with van der Waals surface area (Å²) in [5.41, 5.74) is 6.11. The molecule has 1 atom stereocenters. The molecule has 17 heavy (non-hydrogen) atoms. The molecule has 0 aromatic heterocycles. The Balaban J connectivity index is 1.89. The maximum absolute atomic E-state index is 7.36. The highest BCUT2D eigenvalue weighted by atomic mass is 16.5. The topological polar surface area (TPSA) is 68.3 Å². The van der Waals surface area contributed by atoms with Crippen molar-refractivity contribution >= 4 is 5.84 Å². The molecule has 1 aliphatic heterocycles. The fraction of sp³-hybridized carbons (Fsp3) is 0.462. The second-order valence-corrected chi connectivity index (χ2v) is 4.24. The number of hydrogen-bond acceptors (Lipinski definition) is 3. The van der Waals surface area contributed by atoms with E-state index >= 15 is 0 Å². The summed E-state index contributed by atoms with van der Waals surface area (Å²) in [5, 5.41) is 7.36. The molecule has 1 aromatic carbocycles. The van der Waals surface area contributed by atoms with Crippen molar-refractivity contribution in [2.75, 3.05) is 13.2 Å². The van der Waals surface area contributed by atoms with Crippen molar-refractivity contribution in [2.24, 2.45) is 5.73 Å². The second kappa shape index (κ2) is 5.68. The molecular formula is C13H18N2O2. The first kappa shape index (κ1) is 11.9. The Hall–Kier alpha value is -1.55. The van der Waals surface area contributed by atoms with Gasteiger partial charge in [0.1, 0.15) is 18.2 Å². The Kier molecular flexibility index (Phi) is 3.98. The Morgan fingerprint density at radius 2 is 2.35 bits per heavy atom. The van der Waals surface area contributed by atoms with Crippen LogP contribution in [0.4, 0.5) is 0 Å². The monoisotopic (exact) mass is 234 g/mol. The van der Waals surface area contributed by atoms with Gasteiger partial charge in [0.15, 0.2) is 0 Å². The number of amidine groups is 1. The minimum Gasteiger partial charge on any atom is -0.491 e. The number of hydrogen-bond donors (Lipinski definition) is 2. The molecule has 4 heteroatoms. The van der Waals surface area contributed by atoms with Gasteiger partial charge < -0.3 is 15.2 Å². The van der Waals surface area contributed by atoms with Crippen molar-refractivity contribution in [3.63, 3.8) is 0 Å². The predicted octanol–water partition coefficient (Wildman–Crippen LogP) is 1.92. The van der Waals surface area contributed by atoms with E-state index < -0.39 is 0 Å². The van der Waals surface area contributed by atoms with Crippen LogP contribution in [0.15, 0.2) is 24.3 Å². The van der Waals surface area contributed by atoms with Crippen LogP contribution in [-0.2, 0) is 4.74 Å². The molecular weight excluding hydrogens is 216 g/mol. The van der Waals surface area contributed by atoms with E-state index in [0.29, 0.717) is 12.2 Å². The molecule has 0 saturated carbocycles. The lowest BCUT2D eigenvalue weighted by atomic mass is 10.1. The molecule has 1 saturated heterocycles. The number of nitrogen functional groups attached to an aromatic ring is 1. The van der Waals surface area contributed by atoms with E-state index in [-0.39, 0.29) is 11.9 Å². The van der Waals surface area contributed by atoms with E-state index in [4.69, 9.17) is 20.6 Å². The first-order valence-corrected chi connectivity index (χ1v) is 5.94. The number of benzene rings is 1. The quantitative estimate of drug-likeness (QED) is 0.617. The average Bonchev–Trinajstić information content (AvgIpc) is 2.38. The highest BCUT2D eigenvalue weighted by molar-refractivity contribution is 5.95. The van der Waals surface area contributed by atoms with Crippen LogP contribution in [-0.4, -0.2) is 25.2 Å².